The molecule has 0 aliphatic rings. The number of fused-ring (bicyclic) bond motifs is 1. The third kappa shape index (κ3) is 1.19. The maximum absolute atomic E-state index is 13.1. The monoisotopic (exact) mass is 200 g/mol. The van der Waals surface area contributed by atoms with Crippen LogP contribution in [0, 0.1) is 12.7 Å². The fourth-order valence-corrected chi connectivity index (χ4v) is 1.63. The Morgan fingerprint density at radius 3 is 3.00 bits per heavy atom. The molecular formula is C8H6F2N2S. The molecule has 68 valence electrons. The molecule has 0 aliphatic heterocycles. The summed E-state index contributed by atoms with van der Waals surface area (Å²) in [5.41, 5.74) is 0.963. The van der Waals surface area contributed by atoms with Crippen LogP contribution in [0.5, 0.6) is 0 Å². The van der Waals surface area contributed by atoms with Crippen molar-refractivity contribution in [2.45, 2.75) is 6.92 Å². The molecule has 2 aromatic rings. The van der Waals surface area contributed by atoms with Crippen molar-refractivity contribution in [2.24, 2.45) is 0 Å². The lowest BCUT2D eigenvalue weighted by Crippen LogP contribution is -1.88. The van der Waals surface area contributed by atoms with Crippen molar-refractivity contribution in [1.82, 2.24) is 8.96 Å². The van der Waals surface area contributed by atoms with Gasteiger partial charge in [0, 0.05) is 11.9 Å². The summed E-state index contributed by atoms with van der Waals surface area (Å²) in [6, 6.07) is 2.83. The molecule has 0 N–H and O–H groups in total. The standard InChI is InChI=1S/C8H6F2N2S/c1-5-4-6-7(9)2-3-11-8(6)12(5)13-10/h2-4H,1H3. The van der Waals surface area contributed by atoms with E-state index in [4.69, 9.17) is 0 Å². The summed E-state index contributed by atoms with van der Waals surface area (Å²) in [6.07, 6.45) is 1.32. The van der Waals surface area contributed by atoms with Crippen molar-refractivity contribution < 1.29 is 8.28 Å². The Labute approximate surface area is 78.0 Å². The van der Waals surface area contributed by atoms with E-state index in [0.29, 0.717) is 16.7 Å². The summed E-state index contributed by atoms with van der Waals surface area (Å²) < 4.78 is 26.8. The Balaban J connectivity index is 2.86. The fourth-order valence-electron chi connectivity index (χ4n) is 1.26. The molecule has 0 aromatic carbocycles. The topological polar surface area (TPSA) is 17.8 Å². The first-order valence-corrected chi connectivity index (χ1v) is 4.33. The molecule has 13 heavy (non-hydrogen) atoms. The zero-order valence-electron chi connectivity index (χ0n) is 6.79. The number of aryl methyl sites for hydroxylation is 1. The normalized spacial score (nSPS) is 11.0. The molecule has 0 atom stereocenters. The molecule has 2 aromatic heterocycles. The van der Waals surface area contributed by atoms with Gasteiger partial charge in [0.1, 0.15) is 5.82 Å². The van der Waals surface area contributed by atoms with E-state index in [1.54, 1.807) is 13.0 Å². The van der Waals surface area contributed by atoms with Crippen LogP contribution in [0.15, 0.2) is 18.3 Å². The van der Waals surface area contributed by atoms with Gasteiger partial charge in [0.05, 0.1) is 5.39 Å². The molecule has 2 heterocycles. The van der Waals surface area contributed by atoms with Crippen LogP contribution in [0.4, 0.5) is 8.28 Å². The van der Waals surface area contributed by atoms with Crippen molar-refractivity contribution in [3.63, 3.8) is 0 Å². The van der Waals surface area contributed by atoms with Gasteiger partial charge in [-0.3, -0.25) is 0 Å². The highest BCUT2D eigenvalue weighted by molar-refractivity contribution is 7.92. The maximum atomic E-state index is 13.1. The molecule has 0 saturated heterocycles. The van der Waals surface area contributed by atoms with Crippen molar-refractivity contribution in [3.05, 3.63) is 29.8 Å². The van der Waals surface area contributed by atoms with Crippen molar-refractivity contribution in [2.75, 3.05) is 0 Å². The van der Waals surface area contributed by atoms with Crippen LogP contribution in [-0.2, 0) is 0 Å². The fraction of sp³-hybridized carbons (Fsp3) is 0.125. The van der Waals surface area contributed by atoms with Gasteiger partial charge in [0.15, 0.2) is 18.0 Å². The van der Waals surface area contributed by atoms with Gasteiger partial charge < -0.3 is 0 Å². The van der Waals surface area contributed by atoms with Gasteiger partial charge in [0.2, 0.25) is 0 Å². The summed E-state index contributed by atoms with van der Waals surface area (Å²) in [6.45, 7) is 1.70. The molecule has 0 fully saturated rings. The van der Waals surface area contributed by atoms with Crippen LogP contribution >= 0.6 is 12.3 Å². The average Bonchev–Trinajstić information content (AvgIpc) is 2.43. The van der Waals surface area contributed by atoms with Crippen LogP contribution in [0.1, 0.15) is 5.69 Å². The zero-order valence-corrected chi connectivity index (χ0v) is 7.61. The second-order valence-electron chi connectivity index (χ2n) is 2.68. The third-order valence-corrected chi connectivity index (χ3v) is 2.45. The highest BCUT2D eigenvalue weighted by Crippen LogP contribution is 2.24. The number of nitrogens with zero attached hydrogens (tertiary/aromatic N) is 2. The summed E-state index contributed by atoms with van der Waals surface area (Å²) in [7, 11) is 0. The first-order chi connectivity index (χ1) is 6.24. The van der Waals surface area contributed by atoms with E-state index >= 15 is 0 Å². The lowest BCUT2D eigenvalue weighted by molar-refractivity contribution is 0.638. The first-order valence-electron chi connectivity index (χ1n) is 3.65. The molecule has 0 unspecified atom stereocenters. The minimum atomic E-state index is -0.374. The number of hydrogen-bond acceptors (Lipinski definition) is 2. The van der Waals surface area contributed by atoms with Gasteiger partial charge in [-0.1, -0.05) is 0 Å². The van der Waals surface area contributed by atoms with E-state index in [-0.39, 0.29) is 18.2 Å². The van der Waals surface area contributed by atoms with Crippen LogP contribution in [0.2, 0.25) is 0 Å². The van der Waals surface area contributed by atoms with E-state index in [9.17, 15) is 8.28 Å². The Bertz CT molecular complexity index is 453. The molecule has 2 rings (SSSR count). The average molecular weight is 200 g/mol. The highest BCUT2D eigenvalue weighted by atomic mass is 32.2. The quantitative estimate of drug-likeness (QED) is 0.704. The molecule has 0 spiro atoms. The van der Waals surface area contributed by atoms with E-state index < -0.39 is 0 Å². The van der Waals surface area contributed by atoms with E-state index in [1.165, 1.54) is 16.2 Å². The van der Waals surface area contributed by atoms with Gasteiger partial charge in [-0.25, -0.2) is 13.3 Å². The van der Waals surface area contributed by atoms with Gasteiger partial charge in [-0.2, -0.15) is 0 Å². The van der Waals surface area contributed by atoms with E-state index in [2.05, 4.69) is 4.98 Å². The van der Waals surface area contributed by atoms with Crippen LogP contribution in [-0.4, -0.2) is 8.96 Å². The molecule has 0 amide bonds. The summed E-state index contributed by atoms with van der Waals surface area (Å²) in [5, 5.41) is 0.352. The third-order valence-electron chi connectivity index (χ3n) is 1.85. The Kier molecular flexibility index (Phi) is 1.95. The van der Waals surface area contributed by atoms with Crippen molar-refractivity contribution in [1.29, 1.82) is 0 Å². The second kappa shape index (κ2) is 2.99. The van der Waals surface area contributed by atoms with Gasteiger partial charge >= 0.3 is 0 Å². The summed E-state index contributed by atoms with van der Waals surface area (Å²) >= 11 is 0.0278. The number of pyridine rings is 1. The van der Waals surface area contributed by atoms with Crippen molar-refractivity contribution in [3.8, 4) is 0 Å². The predicted octanol–water partition coefficient (Wildman–Crippen LogP) is 2.86. The minimum Gasteiger partial charge on any atom is -0.244 e. The lowest BCUT2D eigenvalue weighted by atomic mass is 10.3. The Hall–Kier alpha value is -1.10. The zero-order chi connectivity index (χ0) is 9.42. The van der Waals surface area contributed by atoms with E-state index in [1.807, 2.05) is 0 Å². The van der Waals surface area contributed by atoms with Gasteiger partial charge in [-0.05, 0) is 19.1 Å². The van der Waals surface area contributed by atoms with E-state index in [0.717, 1.165) is 0 Å². The van der Waals surface area contributed by atoms with Crippen molar-refractivity contribution >= 4 is 23.4 Å². The Morgan fingerprint density at radius 1 is 1.54 bits per heavy atom. The molecule has 0 radical (unpaired) electrons. The number of halogens is 2. The SMILES string of the molecule is Cc1cc2c(F)ccnc2n1SF. The Morgan fingerprint density at radius 2 is 2.31 bits per heavy atom. The summed E-state index contributed by atoms with van der Waals surface area (Å²) in [4.78, 5) is 3.90. The second-order valence-corrected chi connectivity index (χ2v) is 3.18. The smallest absolute Gasteiger partial charge is 0.171 e. The number of hydrogen-bond donors (Lipinski definition) is 0. The predicted molar refractivity (Wildman–Crippen MR) is 48.5 cm³/mol. The molecule has 2 nitrogen and oxygen atoms in total. The summed E-state index contributed by atoms with van der Waals surface area (Å²) in [5.74, 6) is -0.374. The molecule has 5 heteroatoms. The van der Waals surface area contributed by atoms with Gasteiger partial charge in [0.25, 0.3) is 0 Å². The first kappa shape index (κ1) is 8.50. The maximum Gasteiger partial charge on any atom is 0.171 e. The van der Waals surface area contributed by atoms with Gasteiger partial charge in [-0.15, -0.1) is 3.89 Å². The molecule has 0 aliphatic carbocycles. The molecular weight excluding hydrogens is 194 g/mol. The highest BCUT2D eigenvalue weighted by Gasteiger charge is 2.10. The number of rotatable bonds is 1. The molecule has 0 bridgehead atoms. The lowest BCUT2D eigenvalue weighted by Gasteiger charge is -1.96. The molecule has 0 saturated carbocycles. The van der Waals surface area contributed by atoms with Crippen LogP contribution < -0.4 is 0 Å². The van der Waals surface area contributed by atoms with Crippen LogP contribution in [0.25, 0.3) is 11.0 Å². The largest absolute Gasteiger partial charge is 0.244 e. The number of aromatic nitrogens is 2. The van der Waals surface area contributed by atoms with Crippen LogP contribution in [0.3, 0.4) is 0 Å². The minimum absolute atomic E-state index is 0.0278.